The van der Waals surface area contributed by atoms with Crippen molar-refractivity contribution in [1.82, 2.24) is 10.2 Å². The van der Waals surface area contributed by atoms with Crippen molar-refractivity contribution in [2.24, 2.45) is 0 Å². The van der Waals surface area contributed by atoms with Gasteiger partial charge in [0.25, 0.3) is 0 Å². The number of hydrogen-bond donors (Lipinski definition) is 1. The second kappa shape index (κ2) is 5.78. The van der Waals surface area contributed by atoms with E-state index in [2.05, 4.69) is 46.2 Å². The van der Waals surface area contributed by atoms with E-state index in [1.165, 1.54) is 12.0 Å². The lowest BCUT2D eigenvalue weighted by atomic mass is 9.89. The Hall–Kier alpha value is -0.780. The van der Waals surface area contributed by atoms with Gasteiger partial charge in [0, 0.05) is 28.7 Å². The van der Waals surface area contributed by atoms with E-state index in [1.54, 1.807) is 7.11 Å². The Labute approximate surface area is 134 Å². The van der Waals surface area contributed by atoms with Crippen LogP contribution >= 0.6 is 15.9 Å². The number of nitrogens with zero attached hydrogens (tertiary/aromatic N) is 1. The molecule has 1 aromatic rings. The van der Waals surface area contributed by atoms with Gasteiger partial charge in [-0.25, -0.2) is 0 Å². The van der Waals surface area contributed by atoms with Crippen molar-refractivity contribution in [3.8, 4) is 11.5 Å². The number of benzene rings is 1. The number of nitrogens with one attached hydrogen (secondary N) is 1. The average Bonchev–Trinajstić information content (AvgIpc) is 2.86. The van der Waals surface area contributed by atoms with Crippen molar-refractivity contribution in [1.29, 1.82) is 0 Å². The van der Waals surface area contributed by atoms with Crippen LogP contribution in [0.3, 0.4) is 0 Å². The second-order valence-corrected chi connectivity index (χ2v) is 7.22. The highest BCUT2D eigenvalue weighted by molar-refractivity contribution is 9.10. The Morgan fingerprint density at radius 1 is 1.38 bits per heavy atom. The molecule has 0 saturated carbocycles. The van der Waals surface area contributed by atoms with Gasteiger partial charge in [0.1, 0.15) is 6.10 Å². The maximum absolute atomic E-state index is 6.28. The summed E-state index contributed by atoms with van der Waals surface area (Å²) in [5, 5.41) is 3.62. The van der Waals surface area contributed by atoms with Gasteiger partial charge in [-0.15, -0.1) is 0 Å². The first-order valence-corrected chi connectivity index (χ1v) is 8.29. The lowest BCUT2D eigenvalue weighted by Gasteiger charge is -2.38. The highest BCUT2D eigenvalue weighted by Crippen LogP contribution is 2.44. The number of hydrogen-bond acceptors (Lipinski definition) is 4. The third-order valence-electron chi connectivity index (χ3n) is 4.52. The zero-order valence-electron chi connectivity index (χ0n) is 12.9. The minimum absolute atomic E-state index is 0.0396. The van der Waals surface area contributed by atoms with Crippen molar-refractivity contribution in [3.05, 3.63) is 22.2 Å². The maximum Gasteiger partial charge on any atom is 0.166 e. The minimum atomic E-state index is -0.0396. The largest absolute Gasteiger partial charge is 0.493 e. The highest BCUT2D eigenvalue weighted by Gasteiger charge is 2.36. The monoisotopic (exact) mass is 354 g/mol. The van der Waals surface area contributed by atoms with Crippen LogP contribution < -0.4 is 14.8 Å². The molecule has 5 heteroatoms. The van der Waals surface area contributed by atoms with Crippen molar-refractivity contribution < 1.29 is 9.47 Å². The van der Waals surface area contributed by atoms with Gasteiger partial charge in [-0.05, 0) is 45.5 Å². The third kappa shape index (κ3) is 2.91. The van der Waals surface area contributed by atoms with Crippen LogP contribution in [-0.2, 0) is 5.54 Å². The van der Waals surface area contributed by atoms with Crippen LogP contribution in [0, 0.1) is 0 Å². The van der Waals surface area contributed by atoms with Gasteiger partial charge < -0.3 is 14.8 Å². The van der Waals surface area contributed by atoms with Gasteiger partial charge in [0.15, 0.2) is 11.5 Å². The van der Waals surface area contributed by atoms with E-state index in [4.69, 9.17) is 9.47 Å². The summed E-state index contributed by atoms with van der Waals surface area (Å²) in [4.78, 5) is 2.26. The summed E-state index contributed by atoms with van der Waals surface area (Å²) in [6.45, 7) is 5.25. The molecular formula is C16H23BrN2O2. The van der Waals surface area contributed by atoms with E-state index < -0.39 is 0 Å². The Morgan fingerprint density at radius 2 is 2.14 bits per heavy atom. The van der Waals surface area contributed by atoms with Crippen molar-refractivity contribution in [3.63, 3.8) is 0 Å². The quantitative estimate of drug-likeness (QED) is 0.901. The fraction of sp³-hybridized carbons (Fsp3) is 0.625. The number of halogens is 1. The third-order valence-corrected chi connectivity index (χ3v) is 4.98. The number of methoxy groups -OCH3 is 1. The summed E-state index contributed by atoms with van der Waals surface area (Å²) < 4.78 is 12.9. The van der Waals surface area contributed by atoms with Crippen LogP contribution in [0.2, 0.25) is 0 Å². The molecular weight excluding hydrogens is 332 g/mol. The van der Waals surface area contributed by atoms with E-state index in [0.717, 1.165) is 42.0 Å². The van der Waals surface area contributed by atoms with Crippen LogP contribution in [0.1, 0.15) is 25.3 Å². The first-order valence-electron chi connectivity index (χ1n) is 7.50. The van der Waals surface area contributed by atoms with Crippen LogP contribution in [0.5, 0.6) is 11.5 Å². The predicted molar refractivity (Wildman–Crippen MR) is 87.2 cm³/mol. The Balaban J connectivity index is 1.97. The van der Waals surface area contributed by atoms with E-state index in [9.17, 15) is 0 Å². The molecule has 1 unspecified atom stereocenters. The van der Waals surface area contributed by atoms with Crippen LogP contribution in [-0.4, -0.2) is 44.8 Å². The Kier molecular flexibility index (Phi) is 4.17. The summed E-state index contributed by atoms with van der Waals surface area (Å²) in [6, 6.07) is 4.15. The lowest BCUT2D eigenvalue weighted by molar-refractivity contribution is 0.0352. The SMILES string of the molecule is COc1cc(Br)cc(C2(C)CCCN2)c1OC1CN(C)C1. The highest BCUT2D eigenvalue weighted by atomic mass is 79.9. The summed E-state index contributed by atoms with van der Waals surface area (Å²) >= 11 is 3.59. The molecule has 116 valence electrons. The molecule has 21 heavy (non-hydrogen) atoms. The molecule has 0 amide bonds. The summed E-state index contributed by atoms with van der Waals surface area (Å²) in [5.74, 6) is 1.71. The number of likely N-dealkylation sites (tertiary alicyclic amines) is 1. The topological polar surface area (TPSA) is 33.7 Å². The van der Waals surface area contributed by atoms with Gasteiger partial charge in [-0.3, -0.25) is 4.90 Å². The average molecular weight is 355 g/mol. The zero-order chi connectivity index (χ0) is 15.0. The van der Waals surface area contributed by atoms with Crippen molar-refractivity contribution >= 4 is 15.9 Å². The number of likely N-dealkylation sites (N-methyl/N-ethyl adjacent to an activating group) is 1. The first-order chi connectivity index (χ1) is 10.0. The molecule has 0 bridgehead atoms. The molecule has 2 saturated heterocycles. The van der Waals surface area contributed by atoms with Gasteiger partial charge in [-0.2, -0.15) is 0 Å². The van der Waals surface area contributed by atoms with E-state index >= 15 is 0 Å². The van der Waals surface area contributed by atoms with E-state index in [1.807, 2.05) is 6.07 Å². The molecule has 2 fully saturated rings. The van der Waals surface area contributed by atoms with Gasteiger partial charge in [0.05, 0.1) is 7.11 Å². The van der Waals surface area contributed by atoms with Crippen LogP contribution in [0.25, 0.3) is 0 Å². The fourth-order valence-corrected chi connectivity index (χ4v) is 3.70. The second-order valence-electron chi connectivity index (χ2n) is 6.31. The van der Waals surface area contributed by atoms with Crippen LogP contribution in [0.4, 0.5) is 0 Å². The smallest absolute Gasteiger partial charge is 0.166 e. The molecule has 0 aliphatic carbocycles. The summed E-state index contributed by atoms with van der Waals surface area (Å²) in [5.41, 5.74) is 1.16. The Morgan fingerprint density at radius 3 is 2.71 bits per heavy atom. The summed E-state index contributed by atoms with van der Waals surface area (Å²) in [7, 11) is 3.81. The normalized spacial score (nSPS) is 26.7. The molecule has 2 aliphatic heterocycles. The lowest BCUT2D eigenvalue weighted by Crippen LogP contribution is -2.51. The standard InChI is InChI=1S/C16H23BrN2O2/c1-16(5-4-6-18-16)13-7-11(17)8-14(20-3)15(13)21-12-9-19(2)10-12/h7-8,12,18H,4-6,9-10H2,1-3H3. The molecule has 3 rings (SSSR count). The maximum atomic E-state index is 6.28. The molecule has 0 spiro atoms. The van der Waals surface area contributed by atoms with Gasteiger partial charge >= 0.3 is 0 Å². The predicted octanol–water partition coefficient (Wildman–Crippen LogP) is 2.75. The van der Waals surface area contributed by atoms with Crippen LogP contribution in [0.15, 0.2) is 16.6 Å². The summed E-state index contributed by atoms with van der Waals surface area (Å²) in [6.07, 6.45) is 2.57. The fourth-order valence-electron chi connectivity index (χ4n) is 3.26. The van der Waals surface area contributed by atoms with Gasteiger partial charge in [0.2, 0.25) is 0 Å². The molecule has 2 heterocycles. The molecule has 0 radical (unpaired) electrons. The number of ether oxygens (including phenoxy) is 2. The molecule has 1 atom stereocenters. The van der Waals surface area contributed by atoms with Gasteiger partial charge in [-0.1, -0.05) is 15.9 Å². The van der Waals surface area contributed by atoms with E-state index in [-0.39, 0.29) is 11.6 Å². The molecule has 2 aliphatic rings. The molecule has 1 N–H and O–H groups in total. The minimum Gasteiger partial charge on any atom is -0.493 e. The first kappa shape index (κ1) is 15.1. The molecule has 1 aromatic carbocycles. The Bertz CT molecular complexity index is 523. The number of rotatable bonds is 4. The van der Waals surface area contributed by atoms with E-state index in [0.29, 0.717) is 0 Å². The molecule has 0 aromatic heterocycles. The molecule has 4 nitrogen and oxygen atoms in total. The zero-order valence-corrected chi connectivity index (χ0v) is 14.5. The van der Waals surface area contributed by atoms with Crippen molar-refractivity contribution in [2.45, 2.75) is 31.4 Å². The van der Waals surface area contributed by atoms with Crippen molar-refractivity contribution in [2.75, 3.05) is 33.8 Å².